The summed E-state index contributed by atoms with van der Waals surface area (Å²) in [5, 5.41) is 22.1. The molecule has 0 saturated carbocycles. The summed E-state index contributed by atoms with van der Waals surface area (Å²) in [5.74, 6) is -5.72. The van der Waals surface area contributed by atoms with Crippen molar-refractivity contribution >= 4 is 28.7 Å². The van der Waals surface area contributed by atoms with Crippen LogP contribution in [0.2, 0.25) is 0 Å². The number of phenols is 1. The third-order valence-electron chi connectivity index (χ3n) is 5.40. The van der Waals surface area contributed by atoms with Gasteiger partial charge in [0, 0.05) is 16.6 Å². The number of carbonyl (C=O) groups excluding carboxylic acids is 2. The molecular weight excluding hydrogens is 422 g/mol. The molecule has 1 heterocycles. The molecule has 32 heavy (non-hydrogen) atoms. The van der Waals surface area contributed by atoms with Gasteiger partial charge in [-0.3, -0.25) is 14.2 Å². The number of fused-ring (bicyclic) bond motifs is 1. The predicted octanol–water partition coefficient (Wildman–Crippen LogP) is 3.70. The number of hydrogen-bond acceptors (Lipinski definition) is 4. The van der Waals surface area contributed by atoms with Crippen LogP contribution in [0.25, 0.3) is 10.9 Å². The van der Waals surface area contributed by atoms with Gasteiger partial charge in [0.2, 0.25) is 5.91 Å². The number of benzene rings is 2. The van der Waals surface area contributed by atoms with Gasteiger partial charge < -0.3 is 15.5 Å². The van der Waals surface area contributed by atoms with Crippen LogP contribution in [0.3, 0.4) is 0 Å². The second-order valence-electron chi connectivity index (χ2n) is 8.11. The van der Waals surface area contributed by atoms with Gasteiger partial charge in [-0.15, -0.1) is 0 Å². The number of aromatic nitrogens is 1. The van der Waals surface area contributed by atoms with Crippen molar-refractivity contribution in [3.63, 3.8) is 0 Å². The van der Waals surface area contributed by atoms with E-state index in [1.54, 1.807) is 13.8 Å². The van der Waals surface area contributed by atoms with E-state index >= 15 is 0 Å². The number of nitrogens with one attached hydrogen (secondary N) is 1. The fraction of sp³-hybridized carbons (Fsp3) is 0.261. The van der Waals surface area contributed by atoms with Gasteiger partial charge in [-0.2, -0.15) is 0 Å². The minimum absolute atomic E-state index is 0.102. The first-order chi connectivity index (χ1) is 14.8. The van der Waals surface area contributed by atoms with Crippen LogP contribution in [-0.4, -0.2) is 38.1 Å². The van der Waals surface area contributed by atoms with Crippen molar-refractivity contribution in [3.05, 3.63) is 64.9 Å². The monoisotopic (exact) mass is 444 g/mol. The number of hydrogen-bond donors (Lipinski definition) is 3. The summed E-state index contributed by atoms with van der Waals surface area (Å²) in [6.45, 7) is 5.81. The van der Waals surface area contributed by atoms with Gasteiger partial charge >= 0.3 is 5.97 Å². The molecule has 1 atom stereocenters. The highest BCUT2D eigenvalue weighted by Crippen LogP contribution is 2.35. The van der Waals surface area contributed by atoms with E-state index < -0.39 is 40.9 Å². The van der Waals surface area contributed by atoms with Crippen molar-refractivity contribution in [1.29, 1.82) is 0 Å². The second-order valence-corrected chi connectivity index (χ2v) is 8.11. The Hall–Kier alpha value is -3.75. The number of phenolic OH excluding ortho intramolecular Hbond substituents is 1. The summed E-state index contributed by atoms with van der Waals surface area (Å²) in [6, 6.07) is 7.01. The summed E-state index contributed by atoms with van der Waals surface area (Å²) in [7, 11) is 0. The maximum absolute atomic E-state index is 13.7. The molecule has 3 N–H and O–H groups in total. The third kappa shape index (κ3) is 3.93. The highest BCUT2D eigenvalue weighted by molar-refractivity contribution is 6.05. The molecular formula is C23H22F2N2O5. The lowest BCUT2D eigenvalue weighted by Crippen LogP contribution is -2.50. The molecule has 3 aromatic rings. The Morgan fingerprint density at radius 1 is 1.06 bits per heavy atom. The van der Waals surface area contributed by atoms with Gasteiger partial charge in [0.15, 0.2) is 11.6 Å². The second kappa shape index (κ2) is 8.07. The average Bonchev–Trinajstić information content (AvgIpc) is 2.99. The highest BCUT2D eigenvalue weighted by atomic mass is 19.2. The van der Waals surface area contributed by atoms with Gasteiger partial charge in [0.1, 0.15) is 11.3 Å². The van der Waals surface area contributed by atoms with Crippen LogP contribution < -0.4 is 5.32 Å². The maximum Gasteiger partial charge on any atom is 0.328 e. The number of carbonyl (C=O) groups is 3. The fourth-order valence-electron chi connectivity index (χ4n) is 3.60. The van der Waals surface area contributed by atoms with E-state index in [4.69, 9.17) is 0 Å². The van der Waals surface area contributed by atoms with Crippen LogP contribution in [-0.2, 0) is 9.59 Å². The highest BCUT2D eigenvalue weighted by Gasteiger charge is 2.33. The lowest BCUT2D eigenvalue weighted by Gasteiger charge is -2.23. The number of amides is 1. The molecule has 0 aliphatic heterocycles. The summed E-state index contributed by atoms with van der Waals surface area (Å²) in [5.41, 5.74) is -0.544. The van der Waals surface area contributed by atoms with Crippen LogP contribution in [0.4, 0.5) is 8.78 Å². The van der Waals surface area contributed by atoms with Crippen molar-refractivity contribution in [1.82, 2.24) is 9.88 Å². The lowest BCUT2D eigenvalue weighted by molar-refractivity contribution is -0.146. The van der Waals surface area contributed by atoms with Crippen molar-refractivity contribution in [2.75, 3.05) is 0 Å². The number of carboxylic acid groups (broad SMARTS) is 1. The lowest BCUT2D eigenvalue weighted by atomic mass is 9.95. The fourth-order valence-corrected chi connectivity index (χ4v) is 3.60. The van der Waals surface area contributed by atoms with Gasteiger partial charge in [0.05, 0.1) is 11.4 Å². The number of aliphatic carboxylic acids is 1. The largest absolute Gasteiger partial charge is 0.508 e. The zero-order chi connectivity index (χ0) is 24.0. The quantitative estimate of drug-likeness (QED) is 0.556. The number of halogens is 2. The molecule has 1 unspecified atom stereocenters. The van der Waals surface area contributed by atoms with Gasteiger partial charge in [-0.1, -0.05) is 0 Å². The maximum atomic E-state index is 13.7. The zero-order valence-electron chi connectivity index (χ0n) is 17.9. The van der Waals surface area contributed by atoms with Crippen molar-refractivity contribution < 1.29 is 33.4 Å². The number of nitrogens with zero attached hydrogens (tertiary/aromatic N) is 1. The van der Waals surface area contributed by atoms with E-state index in [1.807, 2.05) is 0 Å². The topological polar surface area (TPSA) is 109 Å². The molecule has 0 aliphatic rings. The number of rotatable bonds is 5. The van der Waals surface area contributed by atoms with Crippen LogP contribution >= 0.6 is 0 Å². The standard InChI is InChI=1S/C23H22F2N2O5/c1-11(20(29)26-23(3,4)22(31)32)19-12(2)27(18-8-6-14(28)10-15(18)19)21(30)13-5-7-16(24)17(25)9-13/h5-11,28H,1-4H3,(H,26,29)(H,31,32). The molecule has 0 radical (unpaired) electrons. The molecule has 0 saturated heterocycles. The van der Waals surface area contributed by atoms with Crippen LogP contribution in [0.1, 0.15) is 48.3 Å². The normalized spacial score (nSPS) is 12.6. The van der Waals surface area contributed by atoms with Gasteiger partial charge in [-0.05, 0) is 69.7 Å². The molecule has 2 aromatic carbocycles. The van der Waals surface area contributed by atoms with Crippen LogP contribution in [0, 0.1) is 18.6 Å². The van der Waals surface area contributed by atoms with E-state index in [2.05, 4.69) is 5.32 Å². The Bertz CT molecular complexity index is 1260. The van der Waals surface area contributed by atoms with Crippen molar-refractivity contribution in [2.45, 2.75) is 39.2 Å². The van der Waals surface area contributed by atoms with Gasteiger partial charge in [-0.25, -0.2) is 13.6 Å². The third-order valence-corrected chi connectivity index (χ3v) is 5.40. The molecule has 0 aliphatic carbocycles. The molecule has 0 bridgehead atoms. The molecule has 0 fully saturated rings. The van der Waals surface area contributed by atoms with Crippen molar-refractivity contribution in [3.8, 4) is 5.75 Å². The molecule has 7 nitrogen and oxygen atoms in total. The van der Waals surface area contributed by atoms with E-state index in [9.17, 15) is 33.4 Å². The first kappa shape index (κ1) is 22.9. The summed E-state index contributed by atoms with van der Waals surface area (Å²) < 4.78 is 28.3. The Morgan fingerprint density at radius 2 is 1.72 bits per heavy atom. The molecule has 1 amide bonds. The zero-order valence-corrected chi connectivity index (χ0v) is 17.9. The first-order valence-electron chi connectivity index (χ1n) is 9.74. The number of carboxylic acids is 1. The van der Waals surface area contributed by atoms with Crippen molar-refractivity contribution in [2.24, 2.45) is 0 Å². The SMILES string of the molecule is Cc1c(C(C)C(=O)NC(C)(C)C(=O)O)c2cc(O)ccc2n1C(=O)c1ccc(F)c(F)c1. The Labute approximate surface area is 182 Å². The smallest absolute Gasteiger partial charge is 0.328 e. The van der Waals surface area contributed by atoms with Gasteiger partial charge in [0.25, 0.3) is 5.91 Å². The Kier molecular flexibility index (Phi) is 5.78. The minimum Gasteiger partial charge on any atom is -0.508 e. The van der Waals surface area contributed by atoms with E-state index in [-0.39, 0.29) is 11.3 Å². The summed E-state index contributed by atoms with van der Waals surface area (Å²) >= 11 is 0. The van der Waals surface area contributed by atoms with E-state index in [0.29, 0.717) is 22.2 Å². The molecule has 3 rings (SSSR count). The number of aromatic hydroxyl groups is 1. The Balaban J connectivity index is 2.16. The Morgan fingerprint density at radius 3 is 2.31 bits per heavy atom. The molecule has 0 spiro atoms. The van der Waals surface area contributed by atoms with Crippen LogP contribution in [0.5, 0.6) is 5.75 Å². The minimum atomic E-state index is -1.53. The average molecular weight is 444 g/mol. The van der Waals surface area contributed by atoms with E-state index in [0.717, 1.165) is 18.2 Å². The van der Waals surface area contributed by atoms with E-state index in [1.165, 1.54) is 36.6 Å². The molecule has 9 heteroatoms. The predicted molar refractivity (Wildman–Crippen MR) is 113 cm³/mol. The first-order valence-corrected chi connectivity index (χ1v) is 9.74. The molecule has 168 valence electrons. The van der Waals surface area contributed by atoms with Crippen LogP contribution in [0.15, 0.2) is 36.4 Å². The molecule has 1 aromatic heterocycles. The summed E-state index contributed by atoms with van der Waals surface area (Å²) in [6.07, 6.45) is 0. The summed E-state index contributed by atoms with van der Waals surface area (Å²) in [4.78, 5) is 37.4.